The highest BCUT2D eigenvalue weighted by atomic mass is 35.5. The average Bonchev–Trinajstić information content (AvgIpc) is 2.35. The van der Waals surface area contributed by atoms with E-state index in [0.29, 0.717) is 6.04 Å². The molecule has 3 atom stereocenters. The fourth-order valence-corrected chi connectivity index (χ4v) is 3.26. The van der Waals surface area contributed by atoms with Crippen molar-refractivity contribution >= 4 is 17.3 Å². The van der Waals surface area contributed by atoms with Gasteiger partial charge in [-0.3, -0.25) is 4.90 Å². The highest BCUT2D eigenvalue weighted by molar-refractivity contribution is 6.30. The Morgan fingerprint density at radius 3 is 2.84 bits per heavy atom. The minimum absolute atomic E-state index is 0.692. The first-order valence-corrected chi connectivity index (χ1v) is 7.67. The number of benzene rings is 1. The van der Waals surface area contributed by atoms with E-state index in [1.807, 2.05) is 18.2 Å². The predicted octanol–water partition coefficient (Wildman–Crippen LogP) is 4.12. The van der Waals surface area contributed by atoms with Crippen molar-refractivity contribution in [3.8, 4) is 0 Å². The molecule has 3 heteroatoms. The second kappa shape index (κ2) is 6.62. The van der Waals surface area contributed by atoms with Gasteiger partial charge in [0.2, 0.25) is 0 Å². The van der Waals surface area contributed by atoms with E-state index < -0.39 is 0 Å². The zero-order valence-electron chi connectivity index (χ0n) is 12.2. The Labute approximate surface area is 122 Å². The summed E-state index contributed by atoms with van der Waals surface area (Å²) in [5.41, 5.74) is 1.11. The number of nitrogens with one attached hydrogen (secondary N) is 1. The van der Waals surface area contributed by atoms with E-state index in [2.05, 4.69) is 37.1 Å². The fraction of sp³-hybridized carbons (Fsp3) is 0.625. The largest absolute Gasteiger partial charge is 0.384 e. The van der Waals surface area contributed by atoms with Gasteiger partial charge >= 0.3 is 0 Å². The summed E-state index contributed by atoms with van der Waals surface area (Å²) in [5, 5.41) is 4.25. The number of anilines is 1. The van der Waals surface area contributed by atoms with Crippen LogP contribution in [0.4, 0.5) is 5.69 Å². The molecule has 0 saturated carbocycles. The number of hydrogen-bond acceptors (Lipinski definition) is 2. The van der Waals surface area contributed by atoms with E-state index in [-0.39, 0.29) is 0 Å². The van der Waals surface area contributed by atoms with Crippen LogP contribution in [0, 0.1) is 11.8 Å². The fourth-order valence-electron chi connectivity index (χ4n) is 3.07. The van der Waals surface area contributed by atoms with Crippen molar-refractivity contribution in [3.63, 3.8) is 0 Å². The third-order valence-electron chi connectivity index (χ3n) is 4.27. The number of nitrogens with zero attached hydrogens (tertiary/aromatic N) is 1. The number of rotatable bonds is 4. The molecule has 0 radical (unpaired) electrons. The Kier molecular flexibility index (Phi) is 5.12. The Bertz CT molecular complexity index is 407. The maximum Gasteiger partial charge on any atom is 0.0426 e. The number of hydrogen-bond donors (Lipinski definition) is 1. The molecule has 19 heavy (non-hydrogen) atoms. The predicted molar refractivity (Wildman–Crippen MR) is 83.9 cm³/mol. The summed E-state index contributed by atoms with van der Waals surface area (Å²) in [4.78, 5) is 2.61. The van der Waals surface area contributed by atoms with Gasteiger partial charge in [0.15, 0.2) is 0 Å². The summed E-state index contributed by atoms with van der Waals surface area (Å²) in [6, 6.07) is 8.63. The SMILES string of the molecule is CC1CC(C)C(C)N(CCNc2cccc(Cl)c2)C1. The van der Waals surface area contributed by atoms with Gasteiger partial charge in [0, 0.05) is 36.4 Å². The van der Waals surface area contributed by atoms with Gasteiger partial charge in [0.1, 0.15) is 0 Å². The second-order valence-electron chi connectivity index (χ2n) is 5.99. The Morgan fingerprint density at radius 1 is 1.32 bits per heavy atom. The lowest BCUT2D eigenvalue weighted by Crippen LogP contribution is -2.47. The van der Waals surface area contributed by atoms with Gasteiger partial charge in [-0.25, -0.2) is 0 Å². The van der Waals surface area contributed by atoms with Crippen molar-refractivity contribution in [2.75, 3.05) is 25.0 Å². The Hall–Kier alpha value is -0.730. The lowest BCUT2D eigenvalue weighted by atomic mass is 9.86. The van der Waals surface area contributed by atoms with Crippen LogP contribution in [0.1, 0.15) is 27.2 Å². The molecule has 1 aromatic carbocycles. The second-order valence-corrected chi connectivity index (χ2v) is 6.43. The third kappa shape index (κ3) is 4.12. The molecule has 0 amide bonds. The van der Waals surface area contributed by atoms with Crippen molar-refractivity contribution in [2.45, 2.75) is 33.2 Å². The third-order valence-corrected chi connectivity index (χ3v) is 4.51. The molecule has 1 aliphatic rings. The van der Waals surface area contributed by atoms with Crippen LogP contribution in [0.25, 0.3) is 0 Å². The van der Waals surface area contributed by atoms with E-state index in [1.54, 1.807) is 0 Å². The molecule has 1 N–H and O–H groups in total. The molecule has 1 saturated heterocycles. The van der Waals surface area contributed by atoms with Gasteiger partial charge in [-0.15, -0.1) is 0 Å². The van der Waals surface area contributed by atoms with Gasteiger partial charge in [0.25, 0.3) is 0 Å². The van der Waals surface area contributed by atoms with Gasteiger partial charge in [-0.1, -0.05) is 31.5 Å². The summed E-state index contributed by atoms with van der Waals surface area (Å²) < 4.78 is 0. The molecule has 106 valence electrons. The van der Waals surface area contributed by atoms with Gasteiger partial charge < -0.3 is 5.32 Å². The molecular weight excluding hydrogens is 256 g/mol. The molecule has 2 nitrogen and oxygen atoms in total. The Balaban J connectivity index is 1.81. The highest BCUT2D eigenvalue weighted by Gasteiger charge is 2.27. The first kappa shape index (κ1) is 14.7. The van der Waals surface area contributed by atoms with Crippen LogP contribution in [0.15, 0.2) is 24.3 Å². The lowest BCUT2D eigenvalue weighted by molar-refractivity contribution is 0.0839. The maximum atomic E-state index is 5.98. The van der Waals surface area contributed by atoms with Crippen LogP contribution in [0.2, 0.25) is 5.02 Å². The molecule has 1 fully saturated rings. The number of likely N-dealkylation sites (tertiary alicyclic amines) is 1. The van der Waals surface area contributed by atoms with Gasteiger partial charge in [0.05, 0.1) is 0 Å². The zero-order chi connectivity index (χ0) is 13.8. The van der Waals surface area contributed by atoms with E-state index in [4.69, 9.17) is 11.6 Å². The average molecular weight is 281 g/mol. The van der Waals surface area contributed by atoms with Gasteiger partial charge in [-0.05, 0) is 43.4 Å². The summed E-state index contributed by atoms with van der Waals surface area (Å²) in [7, 11) is 0. The topological polar surface area (TPSA) is 15.3 Å². The monoisotopic (exact) mass is 280 g/mol. The van der Waals surface area contributed by atoms with E-state index in [9.17, 15) is 0 Å². The van der Waals surface area contributed by atoms with Crippen LogP contribution < -0.4 is 5.32 Å². The van der Waals surface area contributed by atoms with Crippen LogP contribution in [0.3, 0.4) is 0 Å². The molecule has 1 heterocycles. The first-order chi connectivity index (χ1) is 9.06. The smallest absolute Gasteiger partial charge is 0.0426 e. The standard InChI is InChI=1S/C16H25ClN2/c1-12-9-13(2)14(3)19(11-12)8-7-18-16-6-4-5-15(17)10-16/h4-6,10,12-14,18H,7-9,11H2,1-3H3. The number of piperidine rings is 1. The summed E-state index contributed by atoms with van der Waals surface area (Å²) >= 11 is 5.98. The highest BCUT2D eigenvalue weighted by Crippen LogP contribution is 2.26. The molecule has 1 aliphatic heterocycles. The van der Waals surface area contributed by atoms with Crippen LogP contribution in [-0.4, -0.2) is 30.6 Å². The summed E-state index contributed by atoms with van der Waals surface area (Å²) in [6.07, 6.45) is 1.36. The van der Waals surface area contributed by atoms with Crippen molar-refractivity contribution in [1.29, 1.82) is 0 Å². The van der Waals surface area contributed by atoms with E-state index in [1.165, 1.54) is 13.0 Å². The van der Waals surface area contributed by atoms with Gasteiger partial charge in [-0.2, -0.15) is 0 Å². The van der Waals surface area contributed by atoms with Crippen molar-refractivity contribution in [3.05, 3.63) is 29.3 Å². The van der Waals surface area contributed by atoms with E-state index in [0.717, 1.165) is 35.6 Å². The van der Waals surface area contributed by atoms with E-state index >= 15 is 0 Å². The molecule has 0 aliphatic carbocycles. The quantitative estimate of drug-likeness (QED) is 0.893. The molecule has 0 aromatic heterocycles. The summed E-state index contributed by atoms with van der Waals surface area (Å²) in [6.45, 7) is 10.4. The Morgan fingerprint density at radius 2 is 2.11 bits per heavy atom. The normalized spacial score (nSPS) is 28.3. The molecule has 0 spiro atoms. The van der Waals surface area contributed by atoms with Crippen molar-refractivity contribution in [2.24, 2.45) is 11.8 Å². The van der Waals surface area contributed by atoms with Crippen LogP contribution in [-0.2, 0) is 0 Å². The molecule has 2 rings (SSSR count). The minimum atomic E-state index is 0.692. The zero-order valence-corrected chi connectivity index (χ0v) is 13.0. The van der Waals surface area contributed by atoms with Crippen LogP contribution >= 0.6 is 11.6 Å². The lowest BCUT2D eigenvalue weighted by Gasteiger charge is -2.41. The molecule has 3 unspecified atom stereocenters. The van der Waals surface area contributed by atoms with Crippen molar-refractivity contribution < 1.29 is 0 Å². The maximum absolute atomic E-state index is 5.98. The molecule has 0 bridgehead atoms. The minimum Gasteiger partial charge on any atom is -0.384 e. The number of halogens is 1. The molecular formula is C16H25ClN2. The molecule has 1 aromatic rings. The summed E-state index contributed by atoms with van der Waals surface area (Å²) in [5.74, 6) is 1.62. The van der Waals surface area contributed by atoms with Crippen LogP contribution in [0.5, 0.6) is 0 Å². The first-order valence-electron chi connectivity index (χ1n) is 7.29. The van der Waals surface area contributed by atoms with Crippen molar-refractivity contribution in [1.82, 2.24) is 4.90 Å².